The summed E-state index contributed by atoms with van der Waals surface area (Å²) in [5.41, 5.74) is 4.01. The maximum Gasteiger partial charge on any atom is 0.252 e. The van der Waals surface area contributed by atoms with Crippen LogP contribution in [-0.2, 0) is 6.54 Å². The summed E-state index contributed by atoms with van der Waals surface area (Å²) in [6, 6.07) is 21.1. The van der Waals surface area contributed by atoms with Crippen LogP contribution in [0.2, 0.25) is 0 Å². The first kappa shape index (κ1) is 19.6. The number of fused-ring (bicyclic) bond motifs is 1. The lowest BCUT2D eigenvalue weighted by Crippen LogP contribution is -2.23. The van der Waals surface area contributed by atoms with Crippen molar-refractivity contribution < 1.29 is 9.53 Å². The number of ether oxygens (including phenoxy) is 1. The Morgan fingerprint density at radius 2 is 1.83 bits per heavy atom. The summed E-state index contributed by atoms with van der Waals surface area (Å²) in [4.78, 5) is 21.9. The van der Waals surface area contributed by atoms with Crippen LogP contribution in [0.1, 0.15) is 29.8 Å². The molecule has 1 amide bonds. The number of hydrogen-bond donors (Lipinski definition) is 1. The van der Waals surface area contributed by atoms with Gasteiger partial charge in [-0.15, -0.1) is 0 Å². The molecule has 0 spiro atoms. The average Bonchev–Trinajstić information content (AvgIpc) is 2.77. The zero-order chi connectivity index (χ0) is 20.9. The fourth-order valence-corrected chi connectivity index (χ4v) is 3.27. The van der Waals surface area contributed by atoms with Gasteiger partial charge in [0.1, 0.15) is 5.75 Å². The SMILES string of the molecule is CC(C)Oc1ccc(-c2cc(C(=O)NCc3cccnc3)c3ccccc3n2)cc1. The number of hydrogen-bond acceptors (Lipinski definition) is 4. The monoisotopic (exact) mass is 397 g/mol. The molecular weight excluding hydrogens is 374 g/mol. The lowest BCUT2D eigenvalue weighted by molar-refractivity contribution is 0.0952. The van der Waals surface area contributed by atoms with E-state index >= 15 is 0 Å². The van der Waals surface area contributed by atoms with Gasteiger partial charge in [0.05, 0.1) is 22.9 Å². The molecule has 1 N–H and O–H groups in total. The van der Waals surface area contributed by atoms with Crippen LogP contribution in [0.25, 0.3) is 22.2 Å². The first-order chi connectivity index (χ1) is 14.6. The molecule has 2 aromatic carbocycles. The quantitative estimate of drug-likeness (QED) is 0.496. The van der Waals surface area contributed by atoms with Crippen LogP contribution in [0.5, 0.6) is 5.75 Å². The number of pyridine rings is 2. The summed E-state index contributed by atoms with van der Waals surface area (Å²) >= 11 is 0. The van der Waals surface area contributed by atoms with Crippen molar-refractivity contribution in [2.24, 2.45) is 0 Å². The summed E-state index contributed by atoms with van der Waals surface area (Å²) in [6.07, 6.45) is 3.58. The maximum absolute atomic E-state index is 13.0. The number of carbonyl (C=O) groups is 1. The molecule has 30 heavy (non-hydrogen) atoms. The van der Waals surface area contributed by atoms with Crippen LogP contribution in [0, 0.1) is 0 Å². The largest absolute Gasteiger partial charge is 0.491 e. The molecule has 5 nitrogen and oxygen atoms in total. The maximum atomic E-state index is 13.0. The predicted octanol–water partition coefficient (Wildman–Crippen LogP) is 5.01. The minimum absolute atomic E-state index is 0.116. The van der Waals surface area contributed by atoms with Gasteiger partial charge in [-0.1, -0.05) is 24.3 Å². The van der Waals surface area contributed by atoms with Crippen molar-refractivity contribution in [2.75, 3.05) is 0 Å². The van der Waals surface area contributed by atoms with E-state index in [0.29, 0.717) is 12.1 Å². The average molecular weight is 397 g/mol. The third-order valence-corrected chi connectivity index (χ3v) is 4.66. The molecular formula is C25H23N3O2. The molecule has 0 atom stereocenters. The number of aromatic nitrogens is 2. The van der Waals surface area contributed by atoms with Crippen LogP contribution in [0.15, 0.2) is 79.1 Å². The number of benzene rings is 2. The Bertz CT molecular complexity index is 1160. The molecule has 0 aliphatic carbocycles. The van der Waals surface area contributed by atoms with E-state index in [1.807, 2.05) is 80.6 Å². The fraction of sp³-hybridized carbons (Fsp3) is 0.160. The summed E-state index contributed by atoms with van der Waals surface area (Å²) < 4.78 is 5.72. The lowest BCUT2D eigenvalue weighted by Gasteiger charge is -2.12. The zero-order valence-electron chi connectivity index (χ0n) is 17.0. The molecule has 0 saturated carbocycles. The molecule has 5 heteroatoms. The smallest absolute Gasteiger partial charge is 0.252 e. The second-order valence-corrected chi connectivity index (χ2v) is 7.31. The van der Waals surface area contributed by atoms with Crippen molar-refractivity contribution in [3.05, 3.63) is 90.3 Å². The van der Waals surface area contributed by atoms with Crippen molar-refractivity contribution in [3.8, 4) is 17.0 Å². The highest BCUT2D eigenvalue weighted by molar-refractivity contribution is 6.07. The van der Waals surface area contributed by atoms with Crippen LogP contribution in [0.4, 0.5) is 0 Å². The van der Waals surface area contributed by atoms with Gasteiger partial charge in [0, 0.05) is 29.9 Å². The van der Waals surface area contributed by atoms with Crippen LogP contribution < -0.4 is 10.1 Å². The Morgan fingerprint density at radius 1 is 1.03 bits per heavy atom. The van der Waals surface area contributed by atoms with Crippen LogP contribution in [-0.4, -0.2) is 22.0 Å². The van der Waals surface area contributed by atoms with Crippen molar-refractivity contribution in [2.45, 2.75) is 26.5 Å². The summed E-state index contributed by atoms with van der Waals surface area (Å²) in [5, 5.41) is 3.81. The third-order valence-electron chi connectivity index (χ3n) is 4.66. The summed E-state index contributed by atoms with van der Waals surface area (Å²) in [6.45, 7) is 4.41. The van der Waals surface area contributed by atoms with Crippen molar-refractivity contribution in [3.63, 3.8) is 0 Å². The van der Waals surface area contributed by atoms with Gasteiger partial charge >= 0.3 is 0 Å². The van der Waals surface area contributed by atoms with Gasteiger partial charge in [-0.25, -0.2) is 4.98 Å². The Kier molecular flexibility index (Phi) is 5.70. The molecule has 0 aliphatic heterocycles. The van der Waals surface area contributed by atoms with Crippen LogP contribution >= 0.6 is 0 Å². The highest BCUT2D eigenvalue weighted by atomic mass is 16.5. The Morgan fingerprint density at radius 3 is 2.57 bits per heavy atom. The molecule has 4 aromatic rings. The number of amides is 1. The number of nitrogens with one attached hydrogen (secondary N) is 1. The molecule has 4 rings (SSSR count). The lowest BCUT2D eigenvalue weighted by atomic mass is 10.0. The molecule has 0 saturated heterocycles. The number of nitrogens with zero attached hydrogens (tertiary/aromatic N) is 2. The van der Waals surface area contributed by atoms with Crippen LogP contribution in [0.3, 0.4) is 0 Å². The Balaban J connectivity index is 1.66. The van der Waals surface area contributed by atoms with Gasteiger partial charge in [0.15, 0.2) is 0 Å². The van der Waals surface area contributed by atoms with Gasteiger partial charge in [-0.2, -0.15) is 0 Å². The molecule has 0 radical (unpaired) electrons. The highest BCUT2D eigenvalue weighted by Gasteiger charge is 2.14. The second kappa shape index (κ2) is 8.74. The van der Waals surface area contributed by atoms with Crippen molar-refractivity contribution in [1.82, 2.24) is 15.3 Å². The van der Waals surface area contributed by atoms with Gasteiger partial charge < -0.3 is 10.1 Å². The molecule has 150 valence electrons. The minimum Gasteiger partial charge on any atom is -0.491 e. The Hall–Kier alpha value is -3.73. The predicted molar refractivity (Wildman–Crippen MR) is 118 cm³/mol. The molecule has 0 bridgehead atoms. The molecule has 0 aliphatic rings. The minimum atomic E-state index is -0.140. The zero-order valence-corrected chi connectivity index (χ0v) is 17.0. The third kappa shape index (κ3) is 4.46. The van der Waals surface area contributed by atoms with E-state index in [4.69, 9.17) is 9.72 Å². The first-order valence-electron chi connectivity index (χ1n) is 9.94. The second-order valence-electron chi connectivity index (χ2n) is 7.31. The van der Waals surface area contributed by atoms with E-state index in [1.54, 1.807) is 12.4 Å². The van der Waals surface area contributed by atoms with Crippen molar-refractivity contribution in [1.29, 1.82) is 0 Å². The first-order valence-corrected chi connectivity index (χ1v) is 9.94. The van der Waals surface area contributed by atoms with E-state index in [2.05, 4.69) is 10.3 Å². The van der Waals surface area contributed by atoms with Gasteiger partial charge in [0.25, 0.3) is 5.91 Å². The van der Waals surface area contributed by atoms with Gasteiger partial charge in [-0.3, -0.25) is 9.78 Å². The summed E-state index contributed by atoms with van der Waals surface area (Å²) in [5.74, 6) is 0.669. The molecule has 0 fully saturated rings. The van der Waals surface area contributed by atoms with Crippen molar-refractivity contribution >= 4 is 16.8 Å². The summed E-state index contributed by atoms with van der Waals surface area (Å²) in [7, 11) is 0. The number of rotatable bonds is 6. The van der Waals surface area contributed by atoms with E-state index in [0.717, 1.165) is 33.5 Å². The van der Waals surface area contributed by atoms with E-state index in [9.17, 15) is 4.79 Å². The van der Waals surface area contributed by atoms with Gasteiger partial charge in [-0.05, 0) is 61.9 Å². The molecule has 2 aromatic heterocycles. The van der Waals surface area contributed by atoms with E-state index in [-0.39, 0.29) is 12.0 Å². The van der Waals surface area contributed by atoms with E-state index in [1.165, 1.54) is 0 Å². The topological polar surface area (TPSA) is 64.1 Å². The molecule has 2 heterocycles. The number of carbonyl (C=O) groups excluding carboxylic acids is 1. The van der Waals surface area contributed by atoms with Gasteiger partial charge in [0.2, 0.25) is 0 Å². The normalized spacial score (nSPS) is 10.9. The Labute approximate surface area is 175 Å². The number of para-hydroxylation sites is 1. The molecule has 0 unspecified atom stereocenters. The highest BCUT2D eigenvalue weighted by Crippen LogP contribution is 2.26. The fourth-order valence-electron chi connectivity index (χ4n) is 3.27. The standard InChI is InChI=1S/C25H23N3O2/c1-17(2)30-20-11-9-19(10-12-20)24-14-22(21-7-3-4-8-23(21)28-24)25(29)27-16-18-6-5-13-26-15-18/h3-15,17H,16H2,1-2H3,(H,27,29). The van der Waals surface area contributed by atoms with E-state index < -0.39 is 0 Å².